The summed E-state index contributed by atoms with van der Waals surface area (Å²) in [6, 6.07) is 31.7. The highest BCUT2D eigenvalue weighted by atomic mass is 32.2. The molecule has 0 spiro atoms. The van der Waals surface area contributed by atoms with E-state index in [9.17, 15) is 0 Å². The van der Waals surface area contributed by atoms with Crippen LogP contribution in [-0.4, -0.2) is 11.3 Å². The minimum Gasteiger partial charge on any atom is -0.375 e. The summed E-state index contributed by atoms with van der Waals surface area (Å²) >= 11 is 6.75. The summed E-state index contributed by atoms with van der Waals surface area (Å²) in [6.45, 7) is 0. The van der Waals surface area contributed by atoms with Crippen molar-refractivity contribution in [3.05, 3.63) is 125 Å². The number of nitrogens with two attached hydrogens (primary N) is 1. The van der Waals surface area contributed by atoms with E-state index in [1.54, 1.807) is 6.21 Å². The summed E-state index contributed by atoms with van der Waals surface area (Å²) in [5.41, 5.74) is 14.3. The van der Waals surface area contributed by atoms with Gasteiger partial charge in [-0.25, -0.2) is 0 Å². The summed E-state index contributed by atoms with van der Waals surface area (Å²) < 4.78 is 0. The molecule has 154 valence electrons. The van der Waals surface area contributed by atoms with Crippen LogP contribution in [0.1, 0.15) is 21.9 Å². The molecule has 1 aliphatic heterocycles. The van der Waals surface area contributed by atoms with Gasteiger partial charge in [0.15, 0.2) is 5.11 Å². The van der Waals surface area contributed by atoms with Gasteiger partial charge in [-0.05, 0) is 40.9 Å². The van der Waals surface area contributed by atoms with Gasteiger partial charge in [0.1, 0.15) is 0 Å². The Bertz CT molecular complexity index is 1120. The molecule has 0 saturated heterocycles. The molecule has 0 amide bonds. The zero-order chi connectivity index (χ0) is 21.5. The zero-order valence-electron chi connectivity index (χ0n) is 16.9. The molecular formula is C26H23N3S2. The maximum absolute atomic E-state index is 5.55. The van der Waals surface area contributed by atoms with E-state index in [0.717, 1.165) is 12.0 Å². The number of rotatable bonds is 6. The topological polar surface area (TPSA) is 50.4 Å². The molecule has 5 heteroatoms. The van der Waals surface area contributed by atoms with Gasteiger partial charge in [-0.3, -0.25) is 5.43 Å². The van der Waals surface area contributed by atoms with Gasteiger partial charge in [-0.2, -0.15) is 5.10 Å². The van der Waals surface area contributed by atoms with Crippen LogP contribution in [0, 0.1) is 0 Å². The molecule has 1 heterocycles. The normalized spacial score (nSPS) is 16.3. The largest absolute Gasteiger partial charge is 0.375 e. The van der Waals surface area contributed by atoms with E-state index < -0.39 is 0 Å². The van der Waals surface area contributed by atoms with Crippen molar-refractivity contribution in [2.45, 2.75) is 11.7 Å². The lowest BCUT2D eigenvalue weighted by molar-refractivity contribution is 1.01. The molecule has 0 aliphatic carbocycles. The first-order valence-corrected chi connectivity index (χ1v) is 11.3. The van der Waals surface area contributed by atoms with Crippen LogP contribution in [-0.2, 0) is 6.42 Å². The number of nitrogens with zero attached hydrogens (tertiary/aromatic N) is 1. The predicted molar refractivity (Wildman–Crippen MR) is 137 cm³/mol. The third-order valence-corrected chi connectivity index (χ3v) is 6.55. The molecule has 0 saturated carbocycles. The van der Waals surface area contributed by atoms with Gasteiger partial charge < -0.3 is 5.73 Å². The monoisotopic (exact) mass is 441 g/mol. The average molecular weight is 442 g/mol. The summed E-state index contributed by atoms with van der Waals surface area (Å²) in [6.07, 6.45) is 4.94. The number of nitrogens with one attached hydrogen (secondary N) is 1. The number of thioether (sulfide) groups is 1. The van der Waals surface area contributed by atoms with Gasteiger partial charge in [0.05, 0.1) is 11.5 Å². The fourth-order valence-electron chi connectivity index (χ4n) is 3.57. The van der Waals surface area contributed by atoms with E-state index in [1.807, 2.05) is 17.8 Å². The van der Waals surface area contributed by atoms with Gasteiger partial charge >= 0.3 is 0 Å². The molecule has 1 atom stereocenters. The molecule has 0 fully saturated rings. The van der Waals surface area contributed by atoms with Gasteiger partial charge in [0, 0.05) is 10.5 Å². The number of thiocarbonyl (C=S) groups is 1. The second-order valence-corrected chi connectivity index (χ2v) is 8.73. The quantitative estimate of drug-likeness (QED) is 0.285. The minimum atomic E-state index is 0.150. The van der Waals surface area contributed by atoms with Crippen LogP contribution in [0.4, 0.5) is 0 Å². The van der Waals surface area contributed by atoms with Gasteiger partial charge in [-0.1, -0.05) is 97.1 Å². The molecule has 3 aromatic rings. The highest BCUT2D eigenvalue weighted by Crippen LogP contribution is 2.49. The Morgan fingerprint density at radius 1 is 0.935 bits per heavy atom. The Morgan fingerprint density at radius 2 is 1.55 bits per heavy atom. The Kier molecular flexibility index (Phi) is 6.97. The van der Waals surface area contributed by atoms with Crippen molar-refractivity contribution in [3.8, 4) is 0 Å². The van der Waals surface area contributed by atoms with Crippen LogP contribution in [0.5, 0.6) is 0 Å². The molecule has 3 nitrogen and oxygen atoms in total. The van der Waals surface area contributed by atoms with Gasteiger partial charge in [0.25, 0.3) is 0 Å². The van der Waals surface area contributed by atoms with Crippen LogP contribution in [0.2, 0.25) is 0 Å². The summed E-state index contributed by atoms with van der Waals surface area (Å²) in [4.78, 5) is 1.18. The van der Waals surface area contributed by atoms with Crippen molar-refractivity contribution < 1.29 is 0 Å². The molecule has 0 unspecified atom stereocenters. The lowest BCUT2D eigenvalue weighted by Crippen LogP contribution is -2.24. The average Bonchev–Trinajstić information content (AvgIpc) is 2.81. The van der Waals surface area contributed by atoms with Gasteiger partial charge in [0.2, 0.25) is 0 Å². The Balaban J connectivity index is 1.80. The van der Waals surface area contributed by atoms with E-state index >= 15 is 0 Å². The van der Waals surface area contributed by atoms with E-state index in [-0.39, 0.29) is 10.4 Å². The smallest absolute Gasteiger partial charge is 0.184 e. The van der Waals surface area contributed by atoms with Crippen LogP contribution >= 0.6 is 24.0 Å². The number of hydrogen-bond acceptors (Lipinski definition) is 3. The van der Waals surface area contributed by atoms with Crippen LogP contribution in [0.25, 0.3) is 4.91 Å². The molecule has 0 radical (unpaired) electrons. The second-order valence-electron chi connectivity index (χ2n) is 7.17. The highest BCUT2D eigenvalue weighted by Gasteiger charge is 2.26. The first-order valence-electron chi connectivity index (χ1n) is 10.0. The first kappa shape index (κ1) is 21.1. The predicted octanol–water partition coefficient (Wildman–Crippen LogP) is 5.87. The number of hydrogen-bond donors (Lipinski definition) is 2. The van der Waals surface area contributed by atoms with Crippen molar-refractivity contribution in [1.29, 1.82) is 0 Å². The van der Waals surface area contributed by atoms with Crippen molar-refractivity contribution in [1.82, 2.24) is 5.43 Å². The lowest BCUT2D eigenvalue weighted by atomic mass is 9.95. The van der Waals surface area contributed by atoms with Gasteiger partial charge in [-0.15, -0.1) is 11.8 Å². The third-order valence-electron chi connectivity index (χ3n) is 4.94. The molecule has 0 bridgehead atoms. The third kappa shape index (κ3) is 5.51. The Hall–Kier alpha value is -3.15. The first-order chi connectivity index (χ1) is 15.2. The molecule has 31 heavy (non-hydrogen) atoms. The van der Waals surface area contributed by atoms with Crippen molar-refractivity contribution in [3.63, 3.8) is 0 Å². The van der Waals surface area contributed by atoms with E-state index in [4.69, 9.17) is 18.0 Å². The van der Waals surface area contributed by atoms with E-state index in [1.165, 1.54) is 27.2 Å². The van der Waals surface area contributed by atoms with Crippen molar-refractivity contribution in [2.24, 2.45) is 10.8 Å². The molecule has 4 rings (SSSR count). The maximum Gasteiger partial charge on any atom is 0.184 e. The standard InChI is InChI=1S/C26H23N3S2/c27-26(30)29-28-18-23-17-22(16-19-10-4-1-5-11-19)24(20-12-6-2-7-13-20)31-25(23)21-14-8-3-9-15-21/h1-15,17-18,24H,16H2,(H3,27,29,30)/b28-18-/t24-/m1/s1. The van der Waals surface area contributed by atoms with E-state index in [2.05, 4.69) is 102 Å². The fraction of sp³-hybridized carbons (Fsp3) is 0.0769. The number of benzene rings is 3. The van der Waals surface area contributed by atoms with Crippen LogP contribution in [0.15, 0.2) is 113 Å². The van der Waals surface area contributed by atoms with Crippen LogP contribution in [0.3, 0.4) is 0 Å². The number of hydrazone groups is 1. The summed E-state index contributed by atoms with van der Waals surface area (Å²) in [5, 5.41) is 4.62. The molecule has 1 aliphatic rings. The lowest BCUT2D eigenvalue weighted by Gasteiger charge is -2.28. The molecule has 3 N–H and O–H groups in total. The highest BCUT2D eigenvalue weighted by molar-refractivity contribution is 8.08. The van der Waals surface area contributed by atoms with Crippen molar-refractivity contribution in [2.75, 3.05) is 0 Å². The Labute approximate surface area is 192 Å². The Morgan fingerprint density at radius 3 is 2.19 bits per heavy atom. The van der Waals surface area contributed by atoms with Crippen molar-refractivity contribution >= 4 is 40.2 Å². The van der Waals surface area contributed by atoms with Crippen LogP contribution < -0.4 is 11.2 Å². The SMILES string of the molecule is NC(=S)N/N=C\C1=C(c2ccccc2)S[C@H](c2ccccc2)C(Cc2ccccc2)=C1. The maximum atomic E-state index is 5.55. The minimum absolute atomic E-state index is 0.150. The van der Waals surface area contributed by atoms with E-state index in [0.29, 0.717) is 0 Å². The molecule has 0 aromatic heterocycles. The number of allylic oxidation sites excluding steroid dienone is 2. The molecule has 3 aromatic carbocycles. The zero-order valence-corrected chi connectivity index (χ0v) is 18.6. The molecular weight excluding hydrogens is 418 g/mol. The second kappa shape index (κ2) is 10.2. The summed E-state index contributed by atoms with van der Waals surface area (Å²) in [7, 11) is 0. The fourth-order valence-corrected chi connectivity index (χ4v) is 4.98. The summed E-state index contributed by atoms with van der Waals surface area (Å²) in [5.74, 6) is 0.